The van der Waals surface area contributed by atoms with Gasteiger partial charge in [-0.2, -0.15) is 0 Å². The Bertz CT molecular complexity index is 299. The zero-order chi connectivity index (χ0) is 14.4. The molecule has 0 saturated heterocycles. The summed E-state index contributed by atoms with van der Waals surface area (Å²) in [6.45, 7) is 2.87. The number of hydrogen-bond acceptors (Lipinski definition) is 2. The van der Waals surface area contributed by atoms with E-state index in [2.05, 4.69) is 12.2 Å². The Morgan fingerprint density at radius 3 is 2.55 bits per heavy atom. The van der Waals surface area contributed by atoms with E-state index in [1.54, 1.807) is 0 Å². The molecule has 2 aliphatic rings. The third kappa shape index (κ3) is 4.21. The highest BCUT2D eigenvalue weighted by atomic mass is 16.1. The number of rotatable bonds is 6. The highest BCUT2D eigenvalue weighted by Gasteiger charge is 2.30. The van der Waals surface area contributed by atoms with Crippen molar-refractivity contribution in [2.24, 2.45) is 23.5 Å². The van der Waals surface area contributed by atoms with Crippen LogP contribution in [0.3, 0.4) is 0 Å². The monoisotopic (exact) mass is 280 g/mol. The van der Waals surface area contributed by atoms with E-state index in [4.69, 9.17) is 5.73 Å². The molecule has 2 saturated carbocycles. The van der Waals surface area contributed by atoms with E-state index in [0.29, 0.717) is 24.4 Å². The molecular formula is C17H32N2O. The van der Waals surface area contributed by atoms with Crippen LogP contribution in [0.4, 0.5) is 0 Å². The maximum absolute atomic E-state index is 12.5. The lowest BCUT2D eigenvalue weighted by molar-refractivity contribution is -0.126. The summed E-state index contributed by atoms with van der Waals surface area (Å²) in [7, 11) is 0. The highest BCUT2D eigenvalue weighted by molar-refractivity contribution is 5.79. The van der Waals surface area contributed by atoms with E-state index in [1.165, 1.54) is 44.9 Å². The fourth-order valence-corrected chi connectivity index (χ4v) is 4.09. The standard InChI is InChI=1S/C17H32N2O/c1-2-14(11-13-7-4-3-5-8-13)17(20)19-16-10-6-9-15(16)12-18/h13-16H,2-12,18H2,1H3,(H,19,20). The molecule has 2 rings (SSSR count). The lowest BCUT2D eigenvalue weighted by atomic mass is 9.81. The van der Waals surface area contributed by atoms with Gasteiger partial charge in [-0.05, 0) is 44.1 Å². The van der Waals surface area contributed by atoms with Crippen LogP contribution < -0.4 is 11.1 Å². The Balaban J connectivity index is 1.81. The minimum Gasteiger partial charge on any atom is -0.353 e. The maximum atomic E-state index is 12.5. The number of carbonyl (C=O) groups is 1. The van der Waals surface area contributed by atoms with Crippen molar-refractivity contribution < 1.29 is 4.79 Å². The van der Waals surface area contributed by atoms with Crippen LogP contribution >= 0.6 is 0 Å². The van der Waals surface area contributed by atoms with Gasteiger partial charge in [0, 0.05) is 12.0 Å². The van der Waals surface area contributed by atoms with E-state index >= 15 is 0 Å². The molecular weight excluding hydrogens is 248 g/mol. The predicted molar refractivity (Wildman–Crippen MR) is 83.3 cm³/mol. The molecule has 0 aromatic rings. The minimum atomic E-state index is 0.220. The molecule has 3 nitrogen and oxygen atoms in total. The first kappa shape index (κ1) is 15.8. The van der Waals surface area contributed by atoms with Crippen LogP contribution in [0.15, 0.2) is 0 Å². The van der Waals surface area contributed by atoms with E-state index in [0.717, 1.165) is 25.2 Å². The third-order valence-electron chi connectivity index (χ3n) is 5.50. The average Bonchev–Trinajstić information content (AvgIpc) is 2.92. The summed E-state index contributed by atoms with van der Waals surface area (Å²) in [5.74, 6) is 1.81. The van der Waals surface area contributed by atoms with E-state index in [-0.39, 0.29) is 5.92 Å². The van der Waals surface area contributed by atoms with Crippen LogP contribution in [-0.2, 0) is 4.79 Å². The number of amides is 1. The van der Waals surface area contributed by atoms with E-state index in [9.17, 15) is 4.79 Å². The first-order valence-electron chi connectivity index (χ1n) is 8.75. The molecule has 2 aliphatic carbocycles. The van der Waals surface area contributed by atoms with Gasteiger partial charge < -0.3 is 11.1 Å². The van der Waals surface area contributed by atoms with Gasteiger partial charge in [0.2, 0.25) is 5.91 Å². The molecule has 3 atom stereocenters. The van der Waals surface area contributed by atoms with Crippen molar-refractivity contribution >= 4 is 5.91 Å². The molecule has 0 aliphatic heterocycles. The van der Waals surface area contributed by atoms with Gasteiger partial charge in [0.15, 0.2) is 0 Å². The first-order chi connectivity index (χ1) is 9.74. The Hall–Kier alpha value is -0.570. The van der Waals surface area contributed by atoms with Gasteiger partial charge in [-0.1, -0.05) is 45.4 Å². The molecule has 0 spiro atoms. The second-order valence-corrected chi connectivity index (χ2v) is 6.89. The smallest absolute Gasteiger partial charge is 0.223 e. The lowest BCUT2D eigenvalue weighted by Gasteiger charge is -2.27. The molecule has 1 amide bonds. The van der Waals surface area contributed by atoms with Crippen molar-refractivity contribution in [1.82, 2.24) is 5.32 Å². The van der Waals surface area contributed by atoms with Crippen LogP contribution in [0, 0.1) is 17.8 Å². The van der Waals surface area contributed by atoms with Crippen molar-refractivity contribution in [3.63, 3.8) is 0 Å². The second kappa shape index (κ2) is 8.02. The summed E-state index contributed by atoms with van der Waals surface area (Å²) in [6.07, 6.45) is 12.4. The number of nitrogens with two attached hydrogens (primary N) is 1. The maximum Gasteiger partial charge on any atom is 0.223 e. The predicted octanol–water partition coefficient (Wildman–Crippen LogP) is 3.23. The second-order valence-electron chi connectivity index (χ2n) is 6.89. The molecule has 0 radical (unpaired) electrons. The largest absolute Gasteiger partial charge is 0.353 e. The van der Waals surface area contributed by atoms with Gasteiger partial charge >= 0.3 is 0 Å². The van der Waals surface area contributed by atoms with Crippen molar-refractivity contribution in [3.8, 4) is 0 Å². The van der Waals surface area contributed by atoms with Gasteiger partial charge in [0.1, 0.15) is 0 Å². The highest BCUT2D eigenvalue weighted by Crippen LogP contribution is 2.31. The van der Waals surface area contributed by atoms with Gasteiger partial charge in [-0.25, -0.2) is 0 Å². The summed E-state index contributed by atoms with van der Waals surface area (Å²) in [4.78, 5) is 12.5. The van der Waals surface area contributed by atoms with Crippen LogP contribution in [0.1, 0.15) is 71.1 Å². The normalized spacial score (nSPS) is 29.3. The van der Waals surface area contributed by atoms with Crippen LogP contribution in [0.2, 0.25) is 0 Å². The van der Waals surface area contributed by atoms with Crippen LogP contribution in [-0.4, -0.2) is 18.5 Å². The zero-order valence-electron chi connectivity index (χ0n) is 13.1. The van der Waals surface area contributed by atoms with Gasteiger partial charge in [-0.3, -0.25) is 4.79 Å². The molecule has 3 N–H and O–H groups in total. The third-order valence-corrected chi connectivity index (χ3v) is 5.50. The number of nitrogens with one attached hydrogen (secondary N) is 1. The topological polar surface area (TPSA) is 55.1 Å². The van der Waals surface area contributed by atoms with Gasteiger partial charge in [-0.15, -0.1) is 0 Å². The Kier molecular flexibility index (Phi) is 6.34. The minimum absolute atomic E-state index is 0.220. The Morgan fingerprint density at radius 1 is 1.15 bits per heavy atom. The summed E-state index contributed by atoms with van der Waals surface area (Å²) >= 11 is 0. The van der Waals surface area contributed by atoms with Crippen molar-refractivity contribution in [1.29, 1.82) is 0 Å². The first-order valence-corrected chi connectivity index (χ1v) is 8.75. The van der Waals surface area contributed by atoms with Crippen LogP contribution in [0.5, 0.6) is 0 Å². The zero-order valence-corrected chi connectivity index (χ0v) is 13.1. The lowest BCUT2D eigenvalue weighted by Crippen LogP contribution is -2.43. The van der Waals surface area contributed by atoms with Crippen molar-refractivity contribution in [2.75, 3.05) is 6.54 Å². The molecule has 3 unspecified atom stereocenters. The van der Waals surface area contributed by atoms with Crippen molar-refractivity contribution in [3.05, 3.63) is 0 Å². The summed E-state index contributed by atoms with van der Waals surface area (Å²) in [5, 5.41) is 3.30. The average molecular weight is 280 g/mol. The Morgan fingerprint density at radius 2 is 1.90 bits per heavy atom. The summed E-state index contributed by atoms with van der Waals surface area (Å²) < 4.78 is 0. The molecule has 0 aromatic carbocycles. The molecule has 3 heteroatoms. The SMILES string of the molecule is CCC(CC1CCCCC1)C(=O)NC1CCCC1CN. The molecule has 20 heavy (non-hydrogen) atoms. The van der Waals surface area contributed by atoms with E-state index < -0.39 is 0 Å². The fraction of sp³-hybridized carbons (Fsp3) is 0.941. The fourth-order valence-electron chi connectivity index (χ4n) is 4.09. The van der Waals surface area contributed by atoms with Crippen LogP contribution in [0.25, 0.3) is 0 Å². The molecule has 0 heterocycles. The quantitative estimate of drug-likeness (QED) is 0.785. The molecule has 116 valence electrons. The molecule has 2 fully saturated rings. The molecule has 0 bridgehead atoms. The Labute approximate surface area is 124 Å². The summed E-state index contributed by atoms with van der Waals surface area (Å²) in [5.41, 5.74) is 5.81. The number of carbonyl (C=O) groups excluding carboxylic acids is 1. The van der Waals surface area contributed by atoms with E-state index in [1.807, 2.05) is 0 Å². The van der Waals surface area contributed by atoms with Gasteiger partial charge in [0.05, 0.1) is 0 Å². The van der Waals surface area contributed by atoms with Gasteiger partial charge in [0.25, 0.3) is 0 Å². The van der Waals surface area contributed by atoms with Crippen molar-refractivity contribution in [2.45, 2.75) is 77.2 Å². The summed E-state index contributed by atoms with van der Waals surface area (Å²) in [6, 6.07) is 0.341. The molecule has 0 aromatic heterocycles. The number of hydrogen-bond donors (Lipinski definition) is 2.